The first-order valence-electron chi connectivity index (χ1n) is 7.78. The number of hydrogen-bond acceptors (Lipinski definition) is 6. The van der Waals surface area contributed by atoms with Gasteiger partial charge < -0.3 is 15.5 Å². The highest BCUT2D eigenvalue weighted by atomic mass is 32.1. The lowest BCUT2D eigenvalue weighted by molar-refractivity contribution is -0.137. The van der Waals surface area contributed by atoms with Crippen molar-refractivity contribution in [2.24, 2.45) is 0 Å². The second-order valence-corrected chi connectivity index (χ2v) is 6.49. The predicted molar refractivity (Wildman–Crippen MR) is 99.1 cm³/mol. The molecule has 7 heteroatoms. The Morgan fingerprint density at radius 3 is 2.50 bits per heavy atom. The number of nitrogens with one attached hydrogen (secondary N) is 1. The molecule has 3 N–H and O–H groups in total. The van der Waals surface area contributed by atoms with E-state index in [1.165, 1.54) is 23.5 Å². The molecule has 26 heavy (non-hydrogen) atoms. The maximum atomic E-state index is 11.6. The molecule has 0 aliphatic carbocycles. The van der Waals surface area contributed by atoms with Gasteiger partial charge in [0.05, 0.1) is 17.3 Å². The van der Waals surface area contributed by atoms with Crippen LogP contribution in [0.15, 0.2) is 53.9 Å². The minimum absolute atomic E-state index is 0.139. The lowest BCUT2D eigenvalue weighted by Crippen LogP contribution is -2.31. The number of hydrogen-bond donors (Lipinski definition) is 3. The fourth-order valence-electron chi connectivity index (χ4n) is 2.41. The Hall–Kier alpha value is -3.37. The number of aromatic hydroxyl groups is 1. The zero-order valence-electron chi connectivity index (χ0n) is 13.6. The highest BCUT2D eigenvalue weighted by molar-refractivity contribution is 7.14. The van der Waals surface area contributed by atoms with Gasteiger partial charge in [0.15, 0.2) is 5.13 Å². The van der Waals surface area contributed by atoms with Crippen molar-refractivity contribution in [1.29, 1.82) is 5.26 Å². The number of aromatic nitrogens is 1. The topological polar surface area (TPSA) is 106 Å². The van der Waals surface area contributed by atoms with Gasteiger partial charge in [-0.2, -0.15) is 5.26 Å². The Morgan fingerprint density at radius 2 is 1.88 bits per heavy atom. The van der Waals surface area contributed by atoms with Crippen molar-refractivity contribution in [2.45, 2.75) is 12.5 Å². The number of carbonyl (C=O) groups is 1. The van der Waals surface area contributed by atoms with Crippen molar-refractivity contribution in [3.8, 4) is 23.1 Å². The number of thiazole rings is 1. The Morgan fingerprint density at radius 1 is 1.19 bits per heavy atom. The second-order valence-electron chi connectivity index (χ2n) is 5.63. The van der Waals surface area contributed by atoms with Crippen LogP contribution in [0.25, 0.3) is 11.3 Å². The van der Waals surface area contributed by atoms with Crippen molar-refractivity contribution in [3.63, 3.8) is 0 Å². The van der Waals surface area contributed by atoms with Gasteiger partial charge in [0.25, 0.3) is 0 Å². The number of carboxylic acids is 1. The number of phenols is 1. The number of nitriles is 1. The number of phenolic OH excluding ortho intramolecular Hbond substituents is 1. The van der Waals surface area contributed by atoms with E-state index in [-0.39, 0.29) is 12.2 Å². The summed E-state index contributed by atoms with van der Waals surface area (Å²) in [5, 5.41) is 32.9. The van der Waals surface area contributed by atoms with Crippen molar-refractivity contribution < 1.29 is 15.0 Å². The Bertz CT molecular complexity index is 943. The van der Waals surface area contributed by atoms with Gasteiger partial charge in [-0.15, -0.1) is 11.3 Å². The molecule has 1 aromatic heterocycles. The van der Waals surface area contributed by atoms with Crippen LogP contribution in [0.2, 0.25) is 0 Å². The highest BCUT2D eigenvalue weighted by Gasteiger charge is 2.19. The molecule has 1 heterocycles. The molecular weight excluding hydrogens is 350 g/mol. The number of rotatable bonds is 6. The summed E-state index contributed by atoms with van der Waals surface area (Å²) in [6, 6.07) is 14.7. The van der Waals surface area contributed by atoms with Gasteiger partial charge in [-0.3, -0.25) is 0 Å². The van der Waals surface area contributed by atoms with Gasteiger partial charge >= 0.3 is 5.97 Å². The molecular formula is C19H15N3O3S. The molecule has 0 amide bonds. The molecule has 0 fully saturated rings. The molecule has 0 aliphatic heterocycles. The monoisotopic (exact) mass is 365 g/mol. The number of nitrogens with zero attached hydrogens (tertiary/aromatic N) is 2. The van der Waals surface area contributed by atoms with Crippen LogP contribution in [-0.4, -0.2) is 27.2 Å². The zero-order valence-corrected chi connectivity index (χ0v) is 14.4. The maximum absolute atomic E-state index is 11.6. The van der Waals surface area contributed by atoms with Crippen LogP contribution < -0.4 is 5.32 Å². The van der Waals surface area contributed by atoms with Gasteiger partial charge in [-0.1, -0.05) is 24.3 Å². The predicted octanol–water partition coefficient (Wildman–Crippen LogP) is 3.50. The first-order valence-corrected chi connectivity index (χ1v) is 8.66. The van der Waals surface area contributed by atoms with E-state index in [0.29, 0.717) is 10.7 Å². The summed E-state index contributed by atoms with van der Waals surface area (Å²) < 4.78 is 0. The Kier molecular flexibility index (Phi) is 5.15. The van der Waals surface area contributed by atoms with Crippen LogP contribution in [0, 0.1) is 11.3 Å². The summed E-state index contributed by atoms with van der Waals surface area (Å²) in [6.07, 6.45) is 0.265. The summed E-state index contributed by atoms with van der Waals surface area (Å²) in [6.45, 7) is 0. The lowest BCUT2D eigenvalue weighted by Gasteiger charge is -2.13. The molecule has 130 valence electrons. The number of aliphatic carboxylic acids is 1. The maximum Gasteiger partial charge on any atom is 0.326 e. The van der Waals surface area contributed by atoms with E-state index < -0.39 is 12.0 Å². The quantitative estimate of drug-likeness (QED) is 0.617. The third kappa shape index (κ3) is 4.18. The standard InChI is InChI=1S/C19H15N3O3S/c20-10-13-1-5-14(6-2-13)17-11-26-19(22-17)21-16(18(24)25)9-12-3-7-15(23)8-4-12/h1-8,11,16,23H,9H2,(H,21,22)(H,24,25)/t16-/m0/s1. The van der Waals surface area contributed by atoms with Crippen molar-refractivity contribution >= 4 is 22.4 Å². The second kappa shape index (κ2) is 7.68. The van der Waals surface area contributed by atoms with Gasteiger partial charge in [-0.05, 0) is 29.8 Å². The molecule has 0 radical (unpaired) electrons. The molecule has 0 saturated carbocycles. The first-order chi connectivity index (χ1) is 12.5. The number of benzene rings is 2. The molecule has 0 aliphatic rings. The van der Waals surface area contributed by atoms with Crippen LogP contribution >= 0.6 is 11.3 Å². The Balaban J connectivity index is 1.73. The normalized spacial score (nSPS) is 11.5. The SMILES string of the molecule is N#Cc1ccc(-c2csc(N[C@@H](Cc3ccc(O)cc3)C(=O)O)n2)cc1. The van der Waals surface area contributed by atoms with Crippen molar-refractivity contribution in [1.82, 2.24) is 4.98 Å². The molecule has 0 spiro atoms. The lowest BCUT2D eigenvalue weighted by atomic mass is 10.1. The average Bonchev–Trinajstić information content (AvgIpc) is 3.11. The van der Waals surface area contributed by atoms with Gasteiger partial charge in [-0.25, -0.2) is 9.78 Å². The molecule has 0 saturated heterocycles. The van der Waals surface area contributed by atoms with Gasteiger partial charge in [0.1, 0.15) is 11.8 Å². The smallest absolute Gasteiger partial charge is 0.326 e. The molecule has 0 bridgehead atoms. The third-order valence-electron chi connectivity index (χ3n) is 3.79. The van der Waals surface area contributed by atoms with E-state index in [0.717, 1.165) is 16.8 Å². The van der Waals surface area contributed by atoms with Crippen LogP contribution in [0.1, 0.15) is 11.1 Å². The molecule has 6 nitrogen and oxygen atoms in total. The molecule has 3 rings (SSSR count). The summed E-state index contributed by atoms with van der Waals surface area (Å²) in [7, 11) is 0. The van der Waals surface area contributed by atoms with Crippen LogP contribution in [-0.2, 0) is 11.2 Å². The van der Waals surface area contributed by atoms with Gasteiger partial charge in [0, 0.05) is 17.4 Å². The summed E-state index contributed by atoms with van der Waals surface area (Å²) in [5.74, 6) is -0.839. The van der Waals surface area contributed by atoms with E-state index in [1.54, 1.807) is 24.3 Å². The molecule has 3 aromatic rings. The summed E-state index contributed by atoms with van der Waals surface area (Å²) >= 11 is 1.32. The van der Waals surface area contributed by atoms with E-state index in [9.17, 15) is 15.0 Å². The Labute approximate surface area is 154 Å². The van der Waals surface area contributed by atoms with Crippen molar-refractivity contribution in [3.05, 3.63) is 65.0 Å². The van der Waals surface area contributed by atoms with E-state index in [2.05, 4.69) is 16.4 Å². The molecule has 2 aromatic carbocycles. The van der Waals surface area contributed by atoms with Crippen LogP contribution in [0.4, 0.5) is 5.13 Å². The van der Waals surface area contributed by atoms with E-state index in [1.807, 2.05) is 17.5 Å². The number of carboxylic acid groups (broad SMARTS) is 1. The minimum atomic E-state index is -0.979. The van der Waals surface area contributed by atoms with E-state index >= 15 is 0 Å². The fraction of sp³-hybridized carbons (Fsp3) is 0.105. The fourth-order valence-corrected chi connectivity index (χ4v) is 3.18. The third-order valence-corrected chi connectivity index (χ3v) is 4.56. The summed E-state index contributed by atoms with van der Waals surface area (Å²) in [4.78, 5) is 16.0. The first kappa shape index (κ1) is 17.5. The summed E-state index contributed by atoms with van der Waals surface area (Å²) in [5.41, 5.74) is 2.95. The highest BCUT2D eigenvalue weighted by Crippen LogP contribution is 2.26. The number of anilines is 1. The van der Waals surface area contributed by atoms with Crippen molar-refractivity contribution in [2.75, 3.05) is 5.32 Å². The zero-order chi connectivity index (χ0) is 18.5. The minimum Gasteiger partial charge on any atom is -0.508 e. The van der Waals surface area contributed by atoms with Gasteiger partial charge in [0.2, 0.25) is 0 Å². The average molecular weight is 365 g/mol. The van der Waals surface area contributed by atoms with Crippen LogP contribution in [0.5, 0.6) is 5.75 Å². The molecule has 0 unspecified atom stereocenters. The molecule has 1 atom stereocenters. The van der Waals surface area contributed by atoms with E-state index in [4.69, 9.17) is 5.26 Å². The van der Waals surface area contributed by atoms with Crippen LogP contribution in [0.3, 0.4) is 0 Å². The largest absolute Gasteiger partial charge is 0.508 e.